The highest BCUT2D eigenvalue weighted by Crippen LogP contribution is 2.40. The lowest BCUT2D eigenvalue weighted by atomic mass is 9.99. The summed E-state index contributed by atoms with van der Waals surface area (Å²) in [7, 11) is 0. The Balaban J connectivity index is 1.31. The molecule has 43 heavy (non-hydrogen) atoms. The number of fused-ring (bicyclic) bond motifs is 6. The van der Waals surface area contributed by atoms with Gasteiger partial charge in [0.2, 0.25) is 0 Å². The molecular weight excluding hydrogens is 524 g/mol. The molecule has 3 heterocycles. The van der Waals surface area contributed by atoms with Gasteiger partial charge in [0, 0.05) is 38.2 Å². The maximum atomic E-state index is 5.13. The standard InChI is InChI=1S/C39H24N4/c1-3-12-25(13-4-1)28-16-7-8-18-33(28)39-41-37(26-14-5-2-6-15-26)40-38(42-39)27-22-23-30-32-20-11-19-31-29-17-9-10-21-34(29)43(36(31)32)35(30)24-27/h1-24H. The number of benzene rings is 6. The fourth-order valence-corrected chi connectivity index (χ4v) is 6.46. The summed E-state index contributed by atoms with van der Waals surface area (Å²) >= 11 is 0. The van der Waals surface area contributed by atoms with Gasteiger partial charge in [0.05, 0.1) is 16.6 Å². The molecule has 9 rings (SSSR count). The summed E-state index contributed by atoms with van der Waals surface area (Å²) in [6, 6.07) is 50.7. The van der Waals surface area contributed by atoms with Crippen molar-refractivity contribution in [3.8, 4) is 45.3 Å². The van der Waals surface area contributed by atoms with Crippen LogP contribution in [-0.2, 0) is 0 Å². The largest absolute Gasteiger partial charge is 0.308 e. The number of nitrogens with zero attached hydrogens (tertiary/aromatic N) is 4. The smallest absolute Gasteiger partial charge is 0.164 e. The van der Waals surface area contributed by atoms with Crippen LogP contribution in [0.5, 0.6) is 0 Å². The molecule has 0 unspecified atom stereocenters. The first-order valence-corrected chi connectivity index (χ1v) is 14.5. The van der Waals surface area contributed by atoms with E-state index in [1.54, 1.807) is 0 Å². The van der Waals surface area contributed by atoms with Gasteiger partial charge in [0.1, 0.15) is 0 Å². The molecular formula is C39H24N4. The molecule has 0 atom stereocenters. The van der Waals surface area contributed by atoms with E-state index in [2.05, 4.69) is 108 Å². The molecule has 0 saturated heterocycles. The van der Waals surface area contributed by atoms with Crippen LogP contribution in [0.3, 0.4) is 0 Å². The Kier molecular flexibility index (Phi) is 5.16. The van der Waals surface area contributed by atoms with Gasteiger partial charge < -0.3 is 4.40 Å². The molecule has 0 saturated carbocycles. The highest BCUT2D eigenvalue weighted by molar-refractivity contribution is 6.23. The number of hydrogen-bond acceptors (Lipinski definition) is 3. The summed E-state index contributed by atoms with van der Waals surface area (Å²) < 4.78 is 2.39. The molecule has 0 amide bonds. The van der Waals surface area contributed by atoms with Gasteiger partial charge >= 0.3 is 0 Å². The van der Waals surface area contributed by atoms with Crippen molar-refractivity contribution in [3.05, 3.63) is 146 Å². The van der Waals surface area contributed by atoms with Crippen LogP contribution < -0.4 is 0 Å². The fraction of sp³-hybridized carbons (Fsp3) is 0. The van der Waals surface area contributed by atoms with E-state index in [1.807, 2.05) is 42.5 Å². The first-order chi connectivity index (χ1) is 21.3. The monoisotopic (exact) mass is 548 g/mol. The van der Waals surface area contributed by atoms with Crippen LogP contribution in [0, 0.1) is 0 Å². The van der Waals surface area contributed by atoms with Gasteiger partial charge in [-0.1, -0.05) is 133 Å². The van der Waals surface area contributed by atoms with E-state index < -0.39 is 0 Å². The Hall–Kier alpha value is -5.87. The average Bonchev–Trinajstić information content (AvgIpc) is 3.61. The van der Waals surface area contributed by atoms with E-state index in [0.717, 1.165) is 33.3 Å². The Labute approximate surface area is 247 Å². The topological polar surface area (TPSA) is 43.1 Å². The Morgan fingerprint density at radius 2 is 0.907 bits per heavy atom. The molecule has 4 nitrogen and oxygen atoms in total. The molecule has 0 fully saturated rings. The Bertz CT molecular complexity index is 2440. The van der Waals surface area contributed by atoms with Crippen molar-refractivity contribution in [1.82, 2.24) is 19.4 Å². The summed E-state index contributed by atoms with van der Waals surface area (Å²) in [6.07, 6.45) is 0. The van der Waals surface area contributed by atoms with Gasteiger partial charge in [-0.15, -0.1) is 0 Å². The minimum absolute atomic E-state index is 0.651. The third-order valence-electron chi connectivity index (χ3n) is 8.40. The molecule has 0 radical (unpaired) electrons. The van der Waals surface area contributed by atoms with Crippen LogP contribution in [0.25, 0.3) is 83.4 Å². The van der Waals surface area contributed by atoms with Crippen molar-refractivity contribution in [2.45, 2.75) is 0 Å². The van der Waals surface area contributed by atoms with Crippen molar-refractivity contribution in [1.29, 1.82) is 0 Å². The molecule has 3 aromatic heterocycles. The summed E-state index contributed by atoms with van der Waals surface area (Å²) in [6.45, 7) is 0. The first kappa shape index (κ1) is 23.8. The molecule has 0 spiro atoms. The lowest BCUT2D eigenvalue weighted by molar-refractivity contribution is 1.07. The fourth-order valence-electron chi connectivity index (χ4n) is 6.46. The number of aromatic nitrogens is 4. The van der Waals surface area contributed by atoms with Crippen LogP contribution in [0.2, 0.25) is 0 Å². The maximum absolute atomic E-state index is 5.13. The van der Waals surface area contributed by atoms with Crippen molar-refractivity contribution in [2.75, 3.05) is 0 Å². The number of rotatable bonds is 4. The lowest BCUT2D eigenvalue weighted by Crippen LogP contribution is -2.01. The van der Waals surface area contributed by atoms with E-state index in [-0.39, 0.29) is 0 Å². The van der Waals surface area contributed by atoms with Crippen LogP contribution in [0.15, 0.2) is 146 Å². The van der Waals surface area contributed by atoms with E-state index in [9.17, 15) is 0 Å². The van der Waals surface area contributed by atoms with Crippen LogP contribution in [0.1, 0.15) is 0 Å². The van der Waals surface area contributed by atoms with Crippen LogP contribution >= 0.6 is 0 Å². The molecule has 4 heteroatoms. The molecule has 0 N–H and O–H groups in total. The predicted octanol–water partition coefficient (Wildman–Crippen LogP) is 9.69. The highest BCUT2D eigenvalue weighted by atomic mass is 15.0. The van der Waals surface area contributed by atoms with Crippen molar-refractivity contribution in [3.63, 3.8) is 0 Å². The third-order valence-corrected chi connectivity index (χ3v) is 8.40. The SMILES string of the molecule is c1ccc(-c2nc(-c3ccc4c5cccc6c7ccccc7n(c4c3)c65)nc(-c3ccccc3-c3ccccc3)n2)cc1. The van der Waals surface area contributed by atoms with Gasteiger partial charge in [0.15, 0.2) is 17.5 Å². The highest BCUT2D eigenvalue weighted by Gasteiger charge is 2.19. The summed E-state index contributed by atoms with van der Waals surface area (Å²) in [5.41, 5.74) is 8.71. The number of hydrogen-bond donors (Lipinski definition) is 0. The Morgan fingerprint density at radius 3 is 1.67 bits per heavy atom. The second kappa shape index (κ2) is 9.33. The second-order valence-electron chi connectivity index (χ2n) is 10.9. The normalized spacial score (nSPS) is 11.7. The van der Waals surface area contributed by atoms with Crippen LogP contribution in [0.4, 0.5) is 0 Å². The van der Waals surface area contributed by atoms with Gasteiger partial charge in [-0.25, -0.2) is 15.0 Å². The maximum Gasteiger partial charge on any atom is 0.164 e. The second-order valence-corrected chi connectivity index (χ2v) is 10.9. The summed E-state index contributed by atoms with van der Waals surface area (Å²) in [5, 5.41) is 5.02. The molecule has 0 aliphatic heterocycles. The molecule has 9 aromatic rings. The first-order valence-electron chi connectivity index (χ1n) is 14.5. The van der Waals surface area contributed by atoms with Gasteiger partial charge in [-0.2, -0.15) is 0 Å². The van der Waals surface area contributed by atoms with Gasteiger partial charge in [-0.05, 0) is 23.3 Å². The summed E-state index contributed by atoms with van der Waals surface area (Å²) in [5.74, 6) is 1.96. The Morgan fingerprint density at radius 1 is 0.349 bits per heavy atom. The van der Waals surface area contributed by atoms with E-state index in [1.165, 1.54) is 32.6 Å². The number of para-hydroxylation sites is 2. The quantitative estimate of drug-likeness (QED) is 0.220. The zero-order valence-electron chi connectivity index (χ0n) is 23.1. The summed E-state index contributed by atoms with van der Waals surface area (Å²) in [4.78, 5) is 15.2. The third kappa shape index (κ3) is 3.67. The minimum Gasteiger partial charge on any atom is -0.308 e. The molecule has 0 aliphatic carbocycles. The minimum atomic E-state index is 0.651. The van der Waals surface area contributed by atoms with Gasteiger partial charge in [-0.3, -0.25) is 0 Å². The van der Waals surface area contributed by atoms with Crippen molar-refractivity contribution in [2.24, 2.45) is 0 Å². The zero-order chi connectivity index (χ0) is 28.3. The van der Waals surface area contributed by atoms with E-state index in [0.29, 0.717) is 17.5 Å². The van der Waals surface area contributed by atoms with E-state index >= 15 is 0 Å². The molecule has 0 bridgehead atoms. The zero-order valence-corrected chi connectivity index (χ0v) is 23.1. The van der Waals surface area contributed by atoms with Crippen LogP contribution in [-0.4, -0.2) is 19.4 Å². The van der Waals surface area contributed by atoms with E-state index in [4.69, 9.17) is 15.0 Å². The molecule has 0 aliphatic rings. The molecule has 6 aromatic carbocycles. The predicted molar refractivity (Wildman–Crippen MR) is 176 cm³/mol. The van der Waals surface area contributed by atoms with Crippen molar-refractivity contribution >= 4 is 38.1 Å². The molecule has 200 valence electrons. The van der Waals surface area contributed by atoms with Crippen molar-refractivity contribution < 1.29 is 0 Å². The van der Waals surface area contributed by atoms with Gasteiger partial charge in [0.25, 0.3) is 0 Å². The average molecular weight is 549 g/mol. The lowest BCUT2D eigenvalue weighted by Gasteiger charge is -2.12.